The summed E-state index contributed by atoms with van der Waals surface area (Å²) >= 11 is 0. The molecule has 0 fully saturated rings. The summed E-state index contributed by atoms with van der Waals surface area (Å²) in [5.74, 6) is -0.753. The SMILES string of the molecule is O=C1NC(=O)C2=C1CC[C@@H]2O. The maximum Gasteiger partial charge on any atom is 0.257 e. The van der Waals surface area contributed by atoms with Gasteiger partial charge in [0.1, 0.15) is 0 Å². The molecular weight excluding hydrogens is 146 g/mol. The van der Waals surface area contributed by atoms with E-state index in [2.05, 4.69) is 5.32 Å². The van der Waals surface area contributed by atoms with Crippen molar-refractivity contribution < 1.29 is 14.7 Å². The summed E-state index contributed by atoms with van der Waals surface area (Å²) in [6.07, 6.45) is 0.300. The molecule has 1 atom stereocenters. The second-order valence-electron chi connectivity index (χ2n) is 2.73. The summed E-state index contributed by atoms with van der Waals surface area (Å²) in [6.45, 7) is 0. The average molecular weight is 153 g/mol. The molecule has 0 aromatic heterocycles. The van der Waals surface area contributed by atoms with Gasteiger partial charge in [0.2, 0.25) is 0 Å². The van der Waals surface area contributed by atoms with Gasteiger partial charge in [-0.25, -0.2) is 0 Å². The van der Waals surface area contributed by atoms with Gasteiger partial charge in [-0.2, -0.15) is 0 Å². The van der Waals surface area contributed by atoms with E-state index < -0.39 is 12.0 Å². The first-order valence-corrected chi connectivity index (χ1v) is 3.47. The molecule has 0 unspecified atom stereocenters. The number of amides is 2. The van der Waals surface area contributed by atoms with Crippen molar-refractivity contribution >= 4 is 11.8 Å². The summed E-state index contributed by atoms with van der Waals surface area (Å²) in [4.78, 5) is 21.8. The minimum Gasteiger partial charge on any atom is -0.388 e. The molecule has 2 N–H and O–H groups in total. The second-order valence-corrected chi connectivity index (χ2v) is 2.73. The van der Waals surface area contributed by atoms with Gasteiger partial charge in [-0.1, -0.05) is 0 Å². The topological polar surface area (TPSA) is 66.4 Å². The van der Waals surface area contributed by atoms with Crippen LogP contribution in [0.2, 0.25) is 0 Å². The Kier molecular flexibility index (Phi) is 1.14. The van der Waals surface area contributed by atoms with Crippen molar-refractivity contribution in [1.82, 2.24) is 5.32 Å². The van der Waals surface area contributed by atoms with Gasteiger partial charge in [0.15, 0.2) is 0 Å². The first-order valence-electron chi connectivity index (χ1n) is 3.47. The molecule has 4 heteroatoms. The summed E-state index contributed by atoms with van der Waals surface area (Å²) in [7, 11) is 0. The highest BCUT2D eigenvalue weighted by molar-refractivity contribution is 6.20. The van der Waals surface area contributed by atoms with E-state index in [1.165, 1.54) is 0 Å². The van der Waals surface area contributed by atoms with Gasteiger partial charge in [0.25, 0.3) is 11.8 Å². The Hall–Kier alpha value is -1.16. The fraction of sp³-hybridized carbons (Fsp3) is 0.429. The maximum atomic E-state index is 10.9. The van der Waals surface area contributed by atoms with Crippen molar-refractivity contribution in [3.8, 4) is 0 Å². The lowest BCUT2D eigenvalue weighted by atomic mass is 10.2. The highest BCUT2D eigenvalue weighted by Crippen LogP contribution is 2.30. The molecule has 2 aliphatic rings. The summed E-state index contributed by atoms with van der Waals surface area (Å²) in [5, 5.41) is 11.4. The van der Waals surface area contributed by atoms with Crippen LogP contribution in [0, 0.1) is 0 Å². The summed E-state index contributed by atoms with van der Waals surface area (Å²) in [6, 6.07) is 0. The van der Waals surface area contributed by atoms with E-state index in [9.17, 15) is 14.7 Å². The van der Waals surface area contributed by atoms with Crippen molar-refractivity contribution in [1.29, 1.82) is 0 Å². The van der Waals surface area contributed by atoms with Crippen LogP contribution in [0.15, 0.2) is 11.1 Å². The van der Waals surface area contributed by atoms with E-state index in [1.54, 1.807) is 0 Å². The Morgan fingerprint density at radius 1 is 1.36 bits per heavy atom. The zero-order chi connectivity index (χ0) is 8.01. The molecule has 11 heavy (non-hydrogen) atoms. The third-order valence-corrected chi connectivity index (χ3v) is 2.07. The molecule has 1 aliphatic heterocycles. The van der Waals surface area contributed by atoms with Crippen LogP contribution < -0.4 is 5.32 Å². The predicted molar refractivity (Wildman–Crippen MR) is 35.4 cm³/mol. The molecular formula is C7H7NO3. The summed E-state index contributed by atoms with van der Waals surface area (Å²) in [5.41, 5.74) is 0.762. The molecule has 0 bridgehead atoms. The number of imide groups is 1. The fourth-order valence-electron chi connectivity index (χ4n) is 1.53. The van der Waals surface area contributed by atoms with Gasteiger partial charge in [0.05, 0.1) is 11.7 Å². The lowest BCUT2D eigenvalue weighted by molar-refractivity contribution is -0.124. The van der Waals surface area contributed by atoms with Crippen LogP contribution in [0.25, 0.3) is 0 Å². The molecule has 4 nitrogen and oxygen atoms in total. The number of rotatable bonds is 0. The van der Waals surface area contributed by atoms with Crippen LogP contribution in [-0.2, 0) is 9.59 Å². The third-order valence-electron chi connectivity index (χ3n) is 2.07. The van der Waals surface area contributed by atoms with E-state index in [-0.39, 0.29) is 11.5 Å². The van der Waals surface area contributed by atoms with Gasteiger partial charge in [-0.3, -0.25) is 14.9 Å². The summed E-state index contributed by atoms with van der Waals surface area (Å²) < 4.78 is 0. The van der Waals surface area contributed by atoms with Gasteiger partial charge < -0.3 is 5.11 Å². The third kappa shape index (κ3) is 0.728. The van der Waals surface area contributed by atoms with Crippen molar-refractivity contribution in [3.63, 3.8) is 0 Å². The van der Waals surface area contributed by atoms with Crippen molar-refractivity contribution in [2.45, 2.75) is 18.9 Å². The largest absolute Gasteiger partial charge is 0.388 e. The maximum absolute atomic E-state index is 10.9. The molecule has 2 amide bonds. The number of hydrogen-bond acceptors (Lipinski definition) is 3. The number of nitrogens with one attached hydrogen (secondary N) is 1. The van der Waals surface area contributed by atoms with E-state index in [4.69, 9.17) is 0 Å². The van der Waals surface area contributed by atoms with Crippen molar-refractivity contribution in [2.75, 3.05) is 0 Å². The van der Waals surface area contributed by atoms with Crippen LogP contribution in [-0.4, -0.2) is 23.0 Å². The van der Waals surface area contributed by atoms with Gasteiger partial charge in [0, 0.05) is 5.57 Å². The van der Waals surface area contributed by atoms with Crippen LogP contribution in [0.4, 0.5) is 0 Å². The number of aliphatic hydroxyl groups excluding tert-OH is 1. The standard InChI is InChI=1S/C7H7NO3/c9-4-2-1-3-5(4)7(11)8-6(3)10/h4,9H,1-2H2,(H,8,10,11)/t4-/m0/s1. The first-order chi connectivity index (χ1) is 5.20. The van der Waals surface area contributed by atoms with Gasteiger partial charge in [-0.05, 0) is 12.8 Å². The number of hydrogen-bond donors (Lipinski definition) is 2. The van der Waals surface area contributed by atoms with Gasteiger partial charge >= 0.3 is 0 Å². The highest BCUT2D eigenvalue weighted by Gasteiger charge is 2.38. The highest BCUT2D eigenvalue weighted by atomic mass is 16.3. The average Bonchev–Trinajstić information content (AvgIpc) is 2.41. The predicted octanol–water partition coefficient (Wildman–Crippen LogP) is -0.906. The Morgan fingerprint density at radius 2 is 2.09 bits per heavy atom. The van der Waals surface area contributed by atoms with Crippen LogP contribution in [0.3, 0.4) is 0 Å². The zero-order valence-electron chi connectivity index (χ0n) is 5.76. The molecule has 0 radical (unpaired) electrons. The first kappa shape index (κ1) is 6.54. The Morgan fingerprint density at radius 3 is 2.73 bits per heavy atom. The van der Waals surface area contributed by atoms with Crippen molar-refractivity contribution in [3.05, 3.63) is 11.1 Å². The lowest BCUT2D eigenvalue weighted by Gasteiger charge is -2.02. The van der Waals surface area contributed by atoms with E-state index in [1.807, 2.05) is 0 Å². The molecule has 0 spiro atoms. The molecule has 1 heterocycles. The molecule has 1 aliphatic carbocycles. The van der Waals surface area contributed by atoms with E-state index in [0.29, 0.717) is 18.4 Å². The Labute approximate surface area is 62.9 Å². The molecule has 0 aromatic carbocycles. The number of carbonyl (C=O) groups excluding carboxylic acids is 2. The minimum atomic E-state index is -0.726. The minimum absolute atomic E-state index is 0.287. The fourth-order valence-corrected chi connectivity index (χ4v) is 1.53. The molecule has 2 rings (SSSR count). The molecule has 0 aromatic rings. The number of aliphatic hydroxyl groups is 1. The number of carbonyl (C=O) groups is 2. The Bertz CT molecular complexity index is 279. The van der Waals surface area contributed by atoms with Crippen molar-refractivity contribution in [2.24, 2.45) is 0 Å². The smallest absolute Gasteiger partial charge is 0.257 e. The lowest BCUT2D eigenvalue weighted by Crippen LogP contribution is -2.27. The molecule has 0 saturated carbocycles. The van der Waals surface area contributed by atoms with Crippen LogP contribution >= 0.6 is 0 Å². The van der Waals surface area contributed by atoms with Gasteiger partial charge in [-0.15, -0.1) is 0 Å². The van der Waals surface area contributed by atoms with E-state index in [0.717, 1.165) is 0 Å². The Balaban J connectivity index is 2.46. The molecule has 0 saturated heterocycles. The normalized spacial score (nSPS) is 29.4. The quantitative estimate of drug-likeness (QED) is 0.443. The zero-order valence-corrected chi connectivity index (χ0v) is 5.76. The monoisotopic (exact) mass is 153 g/mol. The molecule has 58 valence electrons. The van der Waals surface area contributed by atoms with Crippen LogP contribution in [0.5, 0.6) is 0 Å². The van der Waals surface area contributed by atoms with Crippen LogP contribution in [0.1, 0.15) is 12.8 Å². The second kappa shape index (κ2) is 1.92. The van der Waals surface area contributed by atoms with E-state index >= 15 is 0 Å².